The Hall–Kier alpha value is -0.610. The van der Waals surface area contributed by atoms with Crippen LogP contribution in [0.25, 0.3) is 0 Å². The Balaban J connectivity index is 3.15. The lowest BCUT2D eigenvalue weighted by molar-refractivity contribution is -0.147. The maximum atomic E-state index is 11.4. The first-order chi connectivity index (χ1) is 13.6. The summed E-state index contributed by atoms with van der Waals surface area (Å²) in [4.78, 5) is 11.4. The van der Waals surface area contributed by atoms with Crippen LogP contribution in [0.4, 0.5) is 0 Å². The van der Waals surface area contributed by atoms with Gasteiger partial charge in [0, 0.05) is 6.42 Å². The molecule has 4 heteroatoms. The van der Waals surface area contributed by atoms with Crippen LogP contribution >= 0.6 is 0 Å². The molecule has 0 unspecified atom stereocenters. The van der Waals surface area contributed by atoms with E-state index in [-0.39, 0.29) is 19.2 Å². The number of aliphatic hydroxyl groups is 2. The fourth-order valence-electron chi connectivity index (χ4n) is 3.40. The third-order valence-electron chi connectivity index (χ3n) is 5.67. The second kappa shape index (κ2) is 21.1. The second-order valence-corrected chi connectivity index (χ2v) is 8.52. The standard InChI is InChI=1S/C24H48O4/c1-3-22(2)18-16-14-12-10-8-6-4-5-7-9-11-13-15-17-19-24(27)28-21-23(26)20-25/h22-23,25-26H,3-21H2,1-2H3/t22-,23+/m0/s1. The maximum Gasteiger partial charge on any atom is 0.305 e. The number of esters is 1. The summed E-state index contributed by atoms with van der Waals surface area (Å²) < 4.78 is 4.88. The monoisotopic (exact) mass is 400 g/mol. The largest absolute Gasteiger partial charge is 0.463 e. The molecule has 0 aromatic rings. The van der Waals surface area contributed by atoms with E-state index in [1.807, 2.05) is 0 Å². The number of unbranched alkanes of at least 4 members (excludes halogenated alkanes) is 13. The summed E-state index contributed by atoms with van der Waals surface area (Å²) in [6, 6.07) is 0. The molecule has 0 fully saturated rings. The van der Waals surface area contributed by atoms with Gasteiger partial charge in [0.2, 0.25) is 0 Å². The summed E-state index contributed by atoms with van der Waals surface area (Å²) in [5.74, 6) is 0.636. The van der Waals surface area contributed by atoms with Crippen LogP contribution < -0.4 is 0 Å². The van der Waals surface area contributed by atoms with Crippen LogP contribution in [0.1, 0.15) is 123 Å². The predicted octanol–water partition coefficient (Wildman–Crippen LogP) is 6.17. The van der Waals surface area contributed by atoms with Crippen molar-refractivity contribution in [3.63, 3.8) is 0 Å². The highest BCUT2D eigenvalue weighted by molar-refractivity contribution is 5.69. The lowest BCUT2D eigenvalue weighted by Crippen LogP contribution is -2.21. The van der Waals surface area contributed by atoms with E-state index in [1.165, 1.54) is 89.9 Å². The fourth-order valence-corrected chi connectivity index (χ4v) is 3.40. The van der Waals surface area contributed by atoms with Crippen LogP contribution in [0.15, 0.2) is 0 Å². The maximum absolute atomic E-state index is 11.4. The van der Waals surface area contributed by atoms with Gasteiger partial charge in [0.25, 0.3) is 0 Å². The molecule has 0 amide bonds. The molecule has 2 atom stereocenters. The first kappa shape index (κ1) is 27.4. The van der Waals surface area contributed by atoms with Gasteiger partial charge in [-0.2, -0.15) is 0 Å². The first-order valence-electron chi connectivity index (χ1n) is 12.0. The van der Waals surface area contributed by atoms with Crippen molar-refractivity contribution in [3.05, 3.63) is 0 Å². The van der Waals surface area contributed by atoms with Crippen LogP contribution in [-0.2, 0) is 9.53 Å². The quantitative estimate of drug-likeness (QED) is 0.179. The predicted molar refractivity (Wildman–Crippen MR) is 117 cm³/mol. The summed E-state index contributed by atoms with van der Waals surface area (Å²) in [5.41, 5.74) is 0. The van der Waals surface area contributed by atoms with Crippen LogP contribution in [0, 0.1) is 5.92 Å². The summed E-state index contributed by atoms with van der Waals surface area (Å²) in [5, 5.41) is 17.8. The molecule has 0 spiro atoms. The van der Waals surface area contributed by atoms with Gasteiger partial charge >= 0.3 is 5.97 Å². The van der Waals surface area contributed by atoms with E-state index >= 15 is 0 Å². The number of carbonyl (C=O) groups is 1. The molecule has 2 N–H and O–H groups in total. The zero-order chi connectivity index (χ0) is 20.9. The minimum atomic E-state index is -0.955. The second-order valence-electron chi connectivity index (χ2n) is 8.52. The number of hydrogen-bond acceptors (Lipinski definition) is 4. The Bertz CT molecular complexity index is 333. The molecule has 0 rings (SSSR count). The molecule has 0 aliphatic carbocycles. The van der Waals surface area contributed by atoms with Crippen LogP contribution in [0.2, 0.25) is 0 Å². The minimum Gasteiger partial charge on any atom is -0.463 e. The lowest BCUT2D eigenvalue weighted by Gasteiger charge is -2.08. The van der Waals surface area contributed by atoms with E-state index in [0.717, 1.165) is 18.8 Å². The molecule has 168 valence electrons. The van der Waals surface area contributed by atoms with Crippen molar-refractivity contribution in [2.24, 2.45) is 5.92 Å². The average Bonchev–Trinajstić information content (AvgIpc) is 2.71. The number of ether oxygens (including phenoxy) is 1. The summed E-state index contributed by atoms with van der Waals surface area (Å²) in [6.07, 6.45) is 20.5. The molecule has 0 bridgehead atoms. The van der Waals surface area contributed by atoms with Gasteiger partial charge in [-0.1, -0.05) is 110 Å². The highest BCUT2D eigenvalue weighted by Crippen LogP contribution is 2.16. The molecular weight excluding hydrogens is 352 g/mol. The van der Waals surface area contributed by atoms with Gasteiger partial charge in [0.05, 0.1) is 6.61 Å². The van der Waals surface area contributed by atoms with Crippen molar-refractivity contribution in [1.82, 2.24) is 0 Å². The van der Waals surface area contributed by atoms with Crippen molar-refractivity contribution in [2.75, 3.05) is 13.2 Å². The molecule has 0 saturated heterocycles. The molecule has 0 aliphatic heterocycles. The number of aliphatic hydroxyl groups excluding tert-OH is 2. The molecule has 28 heavy (non-hydrogen) atoms. The third-order valence-corrected chi connectivity index (χ3v) is 5.67. The minimum absolute atomic E-state index is 0.104. The van der Waals surface area contributed by atoms with Crippen molar-refractivity contribution >= 4 is 5.97 Å². The molecule has 0 saturated carbocycles. The zero-order valence-corrected chi connectivity index (χ0v) is 18.8. The first-order valence-corrected chi connectivity index (χ1v) is 12.0. The summed E-state index contributed by atoms with van der Waals surface area (Å²) in [6.45, 7) is 4.18. The summed E-state index contributed by atoms with van der Waals surface area (Å²) >= 11 is 0. The SMILES string of the molecule is CC[C@H](C)CCCCCCCCCCCCCCCCC(=O)OC[C@H](O)CO. The lowest BCUT2D eigenvalue weighted by atomic mass is 9.99. The number of hydrogen-bond donors (Lipinski definition) is 2. The van der Waals surface area contributed by atoms with E-state index in [0.29, 0.717) is 6.42 Å². The Morgan fingerprint density at radius 2 is 1.21 bits per heavy atom. The number of carbonyl (C=O) groups excluding carboxylic acids is 1. The van der Waals surface area contributed by atoms with Gasteiger partial charge < -0.3 is 14.9 Å². The van der Waals surface area contributed by atoms with Crippen LogP contribution in [0.3, 0.4) is 0 Å². The molecule has 0 aliphatic rings. The smallest absolute Gasteiger partial charge is 0.305 e. The molecule has 0 heterocycles. The van der Waals surface area contributed by atoms with Crippen molar-refractivity contribution in [3.8, 4) is 0 Å². The van der Waals surface area contributed by atoms with Gasteiger partial charge in [0.1, 0.15) is 12.7 Å². The molecular formula is C24H48O4. The van der Waals surface area contributed by atoms with E-state index in [9.17, 15) is 4.79 Å². The van der Waals surface area contributed by atoms with E-state index in [4.69, 9.17) is 14.9 Å². The van der Waals surface area contributed by atoms with E-state index < -0.39 is 6.10 Å². The highest BCUT2D eigenvalue weighted by atomic mass is 16.5. The van der Waals surface area contributed by atoms with Gasteiger partial charge in [-0.3, -0.25) is 4.79 Å². The van der Waals surface area contributed by atoms with Crippen molar-refractivity contribution in [2.45, 2.75) is 129 Å². The van der Waals surface area contributed by atoms with Crippen LogP contribution in [0.5, 0.6) is 0 Å². The van der Waals surface area contributed by atoms with Gasteiger partial charge in [-0.25, -0.2) is 0 Å². The Labute approximate surface area is 174 Å². The average molecular weight is 401 g/mol. The zero-order valence-electron chi connectivity index (χ0n) is 18.8. The topological polar surface area (TPSA) is 66.8 Å². The Kier molecular flexibility index (Phi) is 20.6. The van der Waals surface area contributed by atoms with Crippen molar-refractivity contribution < 1.29 is 19.7 Å². The van der Waals surface area contributed by atoms with Gasteiger partial charge in [0.15, 0.2) is 0 Å². The summed E-state index contributed by atoms with van der Waals surface area (Å²) in [7, 11) is 0. The Morgan fingerprint density at radius 1 is 0.786 bits per heavy atom. The van der Waals surface area contributed by atoms with Gasteiger partial charge in [-0.05, 0) is 12.3 Å². The Morgan fingerprint density at radius 3 is 1.64 bits per heavy atom. The van der Waals surface area contributed by atoms with Crippen LogP contribution in [-0.4, -0.2) is 35.5 Å². The fraction of sp³-hybridized carbons (Fsp3) is 0.958. The third kappa shape index (κ3) is 20.1. The molecule has 0 aromatic carbocycles. The number of rotatable bonds is 21. The molecule has 0 radical (unpaired) electrons. The highest BCUT2D eigenvalue weighted by Gasteiger charge is 2.07. The van der Waals surface area contributed by atoms with Crippen molar-refractivity contribution in [1.29, 1.82) is 0 Å². The molecule has 4 nitrogen and oxygen atoms in total. The normalized spacial score (nSPS) is 13.4. The van der Waals surface area contributed by atoms with Gasteiger partial charge in [-0.15, -0.1) is 0 Å². The molecule has 0 aromatic heterocycles. The van der Waals surface area contributed by atoms with E-state index in [1.54, 1.807) is 0 Å². The van der Waals surface area contributed by atoms with E-state index in [2.05, 4.69) is 13.8 Å².